The molecule has 0 aliphatic carbocycles. The van der Waals surface area contributed by atoms with Gasteiger partial charge in [-0.05, 0) is 109 Å². The molecular weight excluding hydrogens is 923 g/mol. The number of carboxylic acids is 1. The molecule has 0 fully saturated rings. The number of rotatable bonds is 52. The molecular formula is C65H108NO8+. The highest BCUT2D eigenvalue weighted by molar-refractivity contribution is 5.71. The SMILES string of the molecule is CC/C=C\C/C=C\C/C=C\C/C=C\C/C=C\C/C=C\C/C=C\C/C=C\C/C=C\CCCCCCCC(=O)OC(COC(=O)CCCCCCC/C=C\CCCCCCCCC)COC(OCC[N+](C)(C)C)C(=O)O. The minimum absolute atomic E-state index is 0.176. The van der Waals surface area contributed by atoms with E-state index in [0.717, 1.165) is 128 Å². The van der Waals surface area contributed by atoms with Crippen molar-refractivity contribution in [3.8, 4) is 0 Å². The van der Waals surface area contributed by atoms with E-state index in [1.165, 1.54) is 51.4 Å². The van der Waals surface area contributed by atoms with Gasteiger partial charge in [0.2, 0.25) is 0 Å². The Bertz CT molecular complexity index is 1620. The molecule has 0 radical (unpaired) electrons. The number of aliphatic carboxylic acids is 1. The molecule has 1 N–H and O–H groups in total. The zero-order valence-electron chi connectivity index (χ0n) is 47.7. The molecule has 9 heteroatoms. The lowest BCUT2D eigenvalue weighted by Crippen LogP contribution is -2.40. The first-order valence-corrected chi connectivity index (χ1v) is 29.2. The molecule has 420 valence electrons. The van der Waals surface area contributed by atoms with Crippen LogP contribution in [-0.4, -0.2) is 87.4 Å². The number of hydrogen-bond donors (Lipinski definition) is 1. The Kier molecular flexibility index (Phi) is 51.7. The first kappa shape index (κ1) is 69.7. The molecule has 0 saturated heterocycles. The highest BCUT2D eigenvalue weighted by Gasteiger charge is 2.25. The number of quaternary nitrogens is 1. The van der Waals surface area contributed by atoms with Gasteiger partial charge < -0.3 is 28.5 Å². The molecule has 0 rings (SSSR count). The van der Waals surface area contributed by atoms with Crippen LogP contribution >= 0.6 is 0 Å². The summed E-state index contributed by atoms with van der Waals surface area (Å²) in [7, 11) is 5.95. The molecule has 0 aromatic rings. The van der Waals surface area contributed by atoms with Gasteiger partial charge in [0, 0.05) is 12.8 Å². The monoisotopic (exact) mass is 1030 g/mol. The van der Waals surface area contributed by atoms with E-state index in [4.69, 9.17) is 18.9 Å². The summed E-state index contributed by atoms with van der Waals surface area (Å²) in [6.45, 7) is 4.71. The first-order chi connectivity index (χ1) is 36.1. The molecule has 0 spiro atoms. The van der Waals surface area contributed by atoms with Crippen LogP contribution in [0.25, 0.3) is 0 Å². The van der Waals surface area contributed by atoms with Crippen LogP contribution in [0.5, 0.6) is 0 Å². The molecule has 0 heterocycles. The van der Waals surface area contributed by atoms with Crippen molar-refractivity contribution in [3.63, 3.8) is 0 Å². The van der Waals surface area contributed by atoms with Gasteiger partial charge in [0.05, 0.1) is 34.4 Å². The number of carbonyl (C=O) groups excluding carboxylic acids is 2. The highest BCUT2D eigenvalue weighted by atomic mass is 16.7. The lowest BCUT2D eigenvalue weighted by Gasteiger charge is -2.25. The van der Waals surface area contributed by atoms with Crippen molar-refractivity contribution >= 4 is 17.9 Å². The van der Waals surface area contributed by atoms with Gasteiger partial charge >= 0.3 is 17.9 Å². The first-order valence-electron chi connectivity index (χ1n) is 29.2. The summed E-state index contributed by atoms with van der Waals surface area (Å²) < 4.78 is 22.8. The quantitative estimate of drug-likeness (QED) is 0.0211. The van der Waals surface area contributed by atoms with E-state index in [9.17, 15) is 19.5 Å². The van der Waals surface area contributed by atoms with Crippen LogP contribution in [0.3, 0.4) is 0 Å². The van der Waals surface area contributed by atoms with Gasteiger partial charge in [-0.2, -0.15) is 0 Å². The van der Waals surface area contributed by atoms with Crippen molar-refractivity contribution < 1.29 is 42.9 Å². The van der Waals surface area contributed by atoms with Gasteiger partial charge in [-0.15, -0.1) is 0 Å². The fraction of sp³-hybridized carbons (Fsp3) is 0.646. The molecule has 2 atom stereocenters. The second kappa shape index (κ2) is 54.9. The van der Waals surface area contributed by atoms with E-state index in [0.29, 0.717) is 17.4 Å². The van der Waals surface area contributed by atoms with Crippen molar-refractivity contribution in [2.45, 2.75) is 225 Å². The Hall–Kier alpha value is -4.31. The number of unbranched alkanes of at least 4 members (excludes halogenated alkanes) is 17. The molecule has 0 amide bonds. The number of carboxylic acid groups (broad SMARTS) is 1. The third-order valence-electron chi connectivity index (χ3n) is 12.0. The van der Waals surface area contributed by atoms with Crippen LogP contribution in [0.1, 0.15) is 213 Å². The molecule has 0 bridgehead atoms. The third kappa shape index (κ3) is 55.4. The number of hydrogen-bond acceptors (Lipinski definition) is 7. The van der Waals surface area contributed by atoms with Crippen LogP contribution in [0.2, 0.25) is 0 Å². The van der Waals surface area contributed by atoms with Crippen molar-refractivity contribution in [3.05, 3.63) is 122 Å². The Morgan fingerprint density at radius 2 is 0.770 bits per heavy atom. The van der Waals surface area contributed by atoms with Gasteiger partial charge in [0.1, 0.15) is 13.2 Å². The van der Waals surface area contributed by atoms with E-state index < -0.39 is 24.3 Å². The summed E-state index contributed by atoms with van der Waals surface area (Å²) in [6.07, 6.45) is 74.2. The fourth-order valence-electron chi connectivity index (χ4n) is 7.47. The Balaban J connectivity index is 4.32. The third-order valence-corrected chi connectivity index (χ3v) is 12.0. The summed E-state index contributed by atoms with van der Waals surface area (Å²) in [6, 6.07) is 0. The molecule has 9 nitrogen and oxygen atoms in total. The second-order valence-electron chi connectivity index (χ2n) is 20.2. The van der Waals surface area contributed by atoms with Crippen molar-refractivity contribution in [1.82, 2.24) is 0 Å². The lowest BCUT2D eigenvalue weighted by atomic mass is 10.1. The number of likely N-dealkylation sites (N-methyl/N-ethyl adjacent to an activating group) is 1. The topological polar surface area (TPSA) is 108 Å². The van der Waals surface area contributed by atoms with E-state index in [1.54, 1.807) is 0 Å². The van der Waals surface area contributed by atoms with Gasteiger partial charge in [-0.25, -0.2) is 4.79 Å². The van der Waals surface area contributed by atoms with E-state index in [-0.39, 0.29) is 38.6 Å². The summed E-state index contributed by atoms with van der Waals surface area (Å²) >= 11 is 0. The predicted octanol–water partition coefficient (Wildman–Crippen LogP) is 17.3. The van der Waals surface area contributed by atoms with Gasteiger partial charge in [-0.3, -0.25) is 9.59 Å². The van der Waals surface area contributed by atoms with Crippen molar-refractivity contribution in [2.24, 2.45) is 0 Å². The van der Waals surface area contributed by atoms with Crippen LogP contribution in [0, 0.1) is 0 Å². The number of ether oxygens (including phenoxy) is 4. The van der Waals surface area contributed by atoms with Crippen LogP contribution in [0.4, 0.5) is 0 Å². The van der Waals surface area contributed by atoms with Crippen LogP contribution < -0.4 is 0 Å². The molecule has 0 aliphatic rings. The number of carbonyl (C=O) groups is 3. The van der Waals surface area contributed by atoms with E-state index in [2.05, 4.69) is 135 Å². The predicted molar refractivity (Wildman–Crippen MR) is 313 cm³/mol. The van der Waals surface area contributed by atoms with Crippen molar-refractivity contribution in [1.29, 1.82) is 0 Å². The molecule has 0 aliphatic heterocycles. The minimum Gasteiger partial charge on any atom is -0.477 e. The Labute approximate surface area is 453 Å². The van der Waals surface area contributed by atoms with E-state index in [1.807, 2.05) is 21.1 Å². The van der Waals surface area contributed by atoms with Crippen LogP contribution in [-0.2, 0) is 33.3 Å². The zero-order chi connectivity index (χ0) is 54.1. The zero-order valence-corrected chi connectivity index (χ0v) is 47.7. The molecule has 74 heavy (non-hydrogen) atoms. The van der Waals surface area contributed by atoms with Crippen molar-refractivity contribution in [2.75, 3.05) is 47.5 Å². The normalized spacial score (nSPS) is 13.7. The van der Waals surface area contributed by atoms with Crippen LogP contribution in [0.15, 0.2) is 122 Å². The summed E-state index contributed by atoms with van der Waals surface area (Å²) in [5.41, 5.74) is 0. The molecule has 2 unspecified atom stereocenters. The maximum Gasteiger partial charge on any atom is 0.361 e. The maximum absolute atomic E-state index is 12.9. The minimum atomic E-state index is -1.52. The number of esters is 2. The summed E-state index contributed by atoms with van der Waals surface area (Å²) in [4.78, 5) is 37.4. The maximum atomic E-state index is 12.9. The second-order valence-corrected chi connectivity index (χ2v) is 20.2. The number of nitrogens with zero attached hydrogens (tertiary/aromatic N) is 1. The largest absolute Gasteiger partial charge is 0.477 e. The lowest BCUT2D eigenvalue weighted by molar-refractivity contribution is -0.870. The van der Waals surface area contributed by atoms with Gasteiger partial charge in [0.25, 0.3) is 6.29 Å². The Morgan fingerprint density at radius 1 is 0.419 bits per heavy atom. The highest BCUT2D eigenvalue weighted by Crippen LogP contribution is 2.13. The average molecular weight is 1030 g/mol. The number of allylic oxidation sites excluding steroid dienone is 20. The molecule has 0 aromatic heterocycles. The summed E-state index contributed by atoms with van der Waals surface area (Å²) in [5, 5.41) is 9.69. The van der Waals surface area contributed by atoms with Gasteiger partial charge in [0.15, 0.2) is 6.10 Å². The van der Waals surface area contributed by atoms with E-state index >= 15 is 0 Å². The smallest absolute Gasteiger partial charge is 0.361 e. The van der Waals surface area contributed by atoms with Gasteiger partial charge in [-0.1, -0.05) is 212 Å². The standard InChI is InChI=1S/C65H107NO8/c1-6-8-10-12-14-16-18-20-22-24-25-26-27-28-29-30-31-32-33-34-35-36-37-38-39-40-42-44-46-48-50-52-54-56-63(68)74-61(60-73-65(64(69)70)71-58-57-66(3,4)5)59-72-62(67)55-53-51-49-47-45-43-41-23-21-19-17-15-13-11-9-7-2/h8,10,14,16,20,22-23,25-26,28-29,31-32,34-35,37-38,40-42,61,65H,6-7,9,11-13,15,17-19,21,24,27,30,33,36,39,43-60H2,1-5H3/p+1/b10-8-,16-14-,22-20-,26-25-,29-28-,32-31-,35-34-,38-37-,41-23-,42-40-. The summed E-state index contributed by atoms with van der Waals surface area (Å²) in [5.74, 6) is -2.06. The Morgan fingerprint density at radius 3 is 1.16 bits per heavy atom. The average Bonchev–Trinajstić information content (AvgIpc) is 3.37. The molecule has 0 saturated carbocycles. The fourth-order valence-corrected chi connectivity index (χ4v) is 7.47. The molecule has 0 aromatic carbocycles.